The summed E-state index contributed by atoms with van der Waals surface area (Å²) in [6.07, 6.45) is 3.21. The molecule has 0 spiro atoms. The molecule has 1 aliphatic rings. The summed E-state index contributed by atoms with van der Waals surface area (Å²) < 4.78 is 7.34. The zero-order valence-corrected chi connectivity index (χ0v) is 9.18. The second-order valence-electron chi connectivity index (χ2n) is 4.09. The van der Waals surface area contributed by atoms with Gasteiger partial charge in [-0.05, 0) is 19.4 Å². The fourth-order valence-corrected chi connectivity index (χ4v) is 2.21. The van der Waals surface area contributed by atoms with E-state index in [1.807, 2.05) is 19.3 Å². The summed E-state index contributed by atoms with van der Waals surface area (Å²) in [6, 6.07) is 2.08. The fraction of sp³-hybridized carbons (Fsp3) is 0.700. The van der Waals surface area contributed by atoms with Gasteiger partial charge in [0.05, 0.1) is 17.8 Å². The van der Waals surface area contributed by atoms with Gasteiger partial charge in [0.1, 0.15) is 0 Å². The van der Waals surface area contributed by atoms with Crippen molar-refractivity contribution in [3.8, 4) is 0 Å². The molecule has 1 aliphatic heterocycles. The molecule has 84 valence electrons. The molecule has 1 fully saturated rings. The van der Waals surface area contributed by atoms with E-state index in [1.165, 1.54) is 0 Å². The molecule has 0 amide bonds. The molecule has 0 bridgehead atoms. The summed E-state index contributed by atoms with van der Waals surface area (Å²) >= 11 is 0. The van der Waals surface area contributed by atoms with Gasteiger partial charge < -0.3 is 4.74 Å². The van der Waals surface area contributed by atoms with Crippen molar-refractivity contribution in [2.75, 3.05) is 6.61 Å². The molecule has 3 unspecified atom stereocenters. The van der Waals surface area contributed by atoms with Gasteiger partial charge in [-0.1, -0.05) is 0 Å². The smallest absolute Gasteiger partial charge is 0.0811 e. The lowest BCUT2D eigenvalue weighted by atomic mass is 9.92. The Bertz CT molecular complexity index is 325. The predicted octanol–water partition coefficient (Wildman–Crippen LogP) is 0.349. The van der Waals surface area contributed by atoms with Crippen LogP contribution in [0.1, 0.15) is 25.1 Å². The molecule has 1 aromatic heterocycles. The van der Waals surface area contributed by atoms with Gasteiger partial charge in [0.25, 0.3) is 0 Å². The van der Waals surface area contributed by atoms with Crippen molar-refractivity contribution in [3.63, 3.8) is 0 Å². The highest BCUT2D eigenvalue weighted by Crippen LogP contribution is 2.31. The minimum absolute atomic E-state index is 0.0868. The van der Waals surface area contributed by atoms with E-state index in [-0.39, 0.29) is 12.1 Å². The monoisotopic (exact) mass is 210 g/mol. The lowest BCUT2D eigenvalue weighted by Crippen LogP contribution is -2.36. The van der Waals surface area contributed by atoms with Crippen LogP contribution in [0.15, 0.2) is 12.3 Å². The van der Waals surface area contributed by atoms with Gasteiger partial charge in [0, 0.05) is 25.8 Å². The third-order valence-corrected chi connectivity index (χ3v) is 3.10. The average molecular weight is 210 g/mol. The summed E-state index contributed by atoms with van der Waals surface area (Å²) in [5, 5.41) is 4.38. The van der Waals surface area contributed by atoms with Gasteiger partial charge in [-0.3, -0.25) is 16.0 Å². The normalized spacial score (nSPS) is 28.2. The maximum absolute atomic E-state index is 5.60. The minimum atomic E-state index is 0.0868. The number of ether oxygens (including phenoxy) is 1. The number of rotatable bonds is 3. The van der Waals surface area contributed by atoms with E-state index in [2.05, 4.69) is 17.4 Å². The van der Waals surface area contributed by atoms with Crippen molar-refractivity contribution >= 4 is 0 Å². The highest BCUT2D eigenvalue weighted by atomic mass is 16.5. The minimum Gasteiger partial charge on any atom is -0.378 e. The Hall–Kier alpha value is -0.910. The number of aryl methyl sites for hydroxylation is 1. The third kappa shape index (κ3) is 2.04. The number of hydrazine groups is 1. The van der Waals surface area contributed by atoms with Crippen molar-refractivity contribution in [2.24, 2.45) is 18.8 Å². The van der Waals surface area contributed by atoms with Gasteiger partial charge in [0.15, 0.2) is 0 Å². The van der Waals surface area contributed by atoms with E-state index < -0.39 is 0 Å². The highest BCUT2D eigenvalue weighted by molar-refractivity contribution is 5.08. The van der Waals surface area contributed by atoms with Crippen LogP contribution in [0, 0.1) is 5.92 Å². The second-order valence-corrected chi connectivity index (χ2v) is 4.09. The van der Waals surface area contributed by atoms with Gasteiger partial charge in [0.2, 0.25) is 0 Å². The van der Waals surface area contributed by atoms with Crippen LogP contribution >= 0.6 is 0 Å². The number of nitrogens with zero attached hydrogens (tertiary/aromatic N) is 2. The lowest BCUT2D eigenvalue weighted by Gasteiger charge is -2.23. The first-order valence-electron chi connectivity index (χ1n) is 5.29. The molecule has 1 saturated heterocycles. The molecular formula is C10H18N4O. The standard InChI is InChI=1S/C10H18N4O/c1-7-8(4-6-15-7)10(12-11)9-3-5-14(2)13-9/h3,5,7-8,10,12H,4,6,11H2,1-2H3. The van der Waals surface area contributed by atoms with E-state index in [0.717, 1.165) is 18.7 Å². The summed E-state index contributed by atoms with van der Waals surface area (Å²) in [7, 11) is 1.91. The van der Waals surface area contributed by atoms with Crippen LogP contribution in [0.25, 0.3) is 0 Å². The van der Waals surface area contributed by atoms with Crippen LogP contribution in [0.3, 0.4) is 0 Å². The Kier molecular flexibility index (Phi) is 3.04. The van der Waals surface area contributed by atoms with E-state index in [4.69, 9.17) is 10.6 Å². The molecule has 3 N–H and O–H groups in total. The van der Waals surface area contributed by atoms with Gasteiger partial charge in [-0.15, -0.1) is 0 Å². The molecule has 0 radical (unpaired) electrons. The van der Waals surface area contributed by atoms with Gasteiger partial charge in [-0.2, -0.15) is 5.10 Å². The van der Waals surface area contributed by atoms with Crippen molar-refractivity contribution in [1.82, 2.24) is 15.2 Å². The van der Waals surface area contributed by atoms with Crippen molar-refractivity contribution < 1.29 is 4.74 Å². The van der Waals surface area contributed by atoms with E-state index in [9.17, 15) is 0 Å². The summed E-state index contributed by atoms with van der Waals surface area (Å²) in [4.78, 5) is 0. The maximum atomic E-state index is 5.60. The Morgan fingerprint density at radius 3 is 3.00 bits per heavy atom. The van der Waals surface area contributed by atoms with Crippen LogP contribution in [0.5, 0.6) is 0 Å². The molecule has 2 rings (SSSR count). The van der Waals surface area contributed by atoms with Gasteiger partial charge >= 0.3 is 0 Å². The first-order valence-corrected chi connectivity index (χ1v) is 5.29. The molecule has 1 aromatic rings. The number of hydrogen-bond acceptors (Lipinski definition) is 4. The second kappa shape index (κ2) is 4.30. The highest BCUT2D eigenvalue weighted by Gasteiger charge is 2.33. The average Bonchev–Trinajstić information content (AvgIpc) is 2.79. The molecule has 5 nitrogen and oxygen atoms in total. The molecule has 15 heavy (non-hydrogen) atoms. The molecule has 5 heteroatoms. The SMILES string of the molecule is CC1OCCC1C(NN)c1ccn(C)n1. The zero-order valence-electron chi connectivity index (χ0n) is 9.18. The first-order chi connectivity index (χ1) is 7.22. The summed E-state index contributed by atoms with van der Waals surface area (Å²) in [6.45, 7) is 2.90. The number of nitrogens with two attached hydrogens (primary N) is 1. The molecular weight excluding hydrogens is 192 g/mol. The van der Waals surface area contributed by atoms with Crippen LogP contribution in [0.2, 0.25) is 0 Å². The number of nitrogens with one attached hydrogen (secondary N) is 1. The Morgan fingerprint density at radius 2 is 2.53 bits per heavy atom. The summed E-state index contributed by atoms with van der Waals surface area (Å²) in [5.74, 6) is 6.01. The maximum Gasteiger partial charge on any atom is 0.0811 e. The third-order valence-electron chi connectivity index (χ3n) is 3.10. The number of hydrogen-bond donors (Lipinski definition) is 2. The Labute approximate surface area is 89.6 Å². The first kappa shape index (κ1) is 10.6. The van der Waals surface area contributed by atoms with E-state index in [0.29, 0.717) is 5.92 Å². The summed E-state index contributed by atoms with van der Waals surface area (Å²) in [5.41, 5.74) is 3.84. The fourth-order valence-electron chi connectivity index (χ4n) is 2.21. The van der Waals surface area contributed by atoms with Crippen LogP contribution in [-0.4, -0.2) is 22.5 Å². The number of aromatic nitrogens is 2. The van der Waals surface area contributed by atoms with Crippen LogP contribution < -0.4 is 11.3 Å². The van der Waals surface area contributed by atoms with Crippen molar-refractivity contribution in [1.29, 1.82) is 0 Å². The van der Waals surface area contributed by atoms with Crippen LogP contribution in [0.4, 0.5) is 0 Å². The Balaban J connectivity index is 2.16. The Morgan fingerprint density at radius 1 is 1.73 bits per heavy atom. The molecule has 2 heterocycles. The zero-order chi connectivity index (χ0) is 10.8. The predicted molar refractivity (Wildman–Crippen MR) is 56.8 cm³/mol. The molecule has 3 atom stereocenters. The molecule has 0 saturated carbocycles. The van der Waals surface area contributed by atoms with E-state index >= 15 is 0 Å². The van der Waals surface area contributed by atoms with E-state index in [1.54, 1.807) is 4.68 Å². The topological polar surface area (TPSA) is 65.1 Å². The van der Waals surface area contributed by atoms with Crippen molar-refractivity contribution in [3.05, 3.63) is 18.0 Å². The quantitative estimate of drug-likeness (QED) is 0.558. The lowest BCUT2D eigenvalue weighted by molar-refractivity contribution is 0.0948. The molecule has 0 aromatic carbocycles. The largest absolute Gasteiger partial charge is 0.378 e. The van der Waals surface area contributed by atoms with Gasteiger partial charge in [-0.25, -0.2) is 0 Å². The molecule has 0 aliphatic carbocycles. The van der Waals surface area contributed by atoms with Crippen LogP contribution in [-0.2, 0) is 11.8 Å². The van der Waals surface area contributed by atoms with Crippen molar-refractivity contribution in [2.45, 2.75) is 25.5 Å².